The summed E-state index contributed by atoms with van der Waals surface area (Å²) in [6, 6.07) is 8.51. The van der Waals surface area contributed by atoms with E-state index >= 15 is 0 Å². The summed E-state index contributed by atoms with van der Waals surface area (Å²) < 4.78 is 0. The lowest BCUT2D eigenvalue weighted by atomic mass is 9.99. The van der Waals surface area contributed by atoms with Gasteiger partial charge in [-0.3, -0.25) is 4.98 Å². The quantitative estimate of drug-likeness (QED) is 0.740. The summed E-state index contributed by atoms with van der Waals surface area (Å²) in [7, 11) is 2.16. The molecule has 0 bridgehead atoms. The number of pyridine rings is 1. The average Bonchev–Trinajstić information content (AvgIpc) is 2.72. The van der Waals surface area contributed by atoms with Crippen LogP contribution in [0.15, 0.2) is 36.7 Å². The van der Waals surface area contributed by atoms with Gasteiger partial charge in [-0.2, -0.15) is 0 Å². The van der Waals surface area contributed by atoms with E-state index in [2.05, 4.69) is 48.1 Å². The Morgan fingerprint density at radius 3 is 2.76 bits per heavy atom. The number of aromatic nitrogens is 1. The molecule has 3 rings (SSSR count). The number of nitrogens with zero attached hydrogens (tertiary/aromatic N) is 2. The molecule has 17 heavy (non-hydrogen) atoms. The third-order valence-electron chi connectivity index (χ3n) is 3.53. The molecule has 1 aromatic heterocycles. The van der Waals surface area contributed by atoms with Crippen molar-refractivity contribution < 1.29 is 0 Å². The van der Waals surface area contributed by atoms with Crippen LogP contribution in [0.2, 0.25) is 0 Å². The Morgan fingerprint density at radius 1 is 1.12 bits per heavy atom. The molecule has 0 unspecified atom stereocenters. The Bertz CT molecular complexity index is 561. The van der Waals surface area contributed by atoms with Gasteiger partial charge >= 0.3 is 0 Å². The van der Waals surface area contributed by atoms with Crippen molar-refractivity contribution in [3.05, 3.63) is 47.8 Å². The van der Waals surface area contributed by atoms with E-state index in [0.29, 0.717) is 0 Å². The zero-order valence-corrected chi connectivity index (χ0v) is 10.3. The highest BCUT2D eigenvalue weighted by atomic mass is 15.1. The summed E-state index contributed by atoms with van der Waals surface area (Å²) in [6.45, 7) is 3.25. The number of benzene rings is 1. The number of hydrogen-bond donors (Lipinski definition) is 0. The van der Waals surface area contributed by atoms with Gasteiger partial charge in [-0.25, -0.2) is 0 Å². The highest BCUT2D eigenvalue weighted by molar-refractivity contribution is 5.83. The van der Waals surface area contributed by atoms with Crippen LogP contribution in [0.25, 0.3) is 11.1 Å². The van der Waals surface area contributed by atoms with Gasteiger partial charge in [-0.15, -0.1) is 0 Å². The van der Waals surface area contributed by atoms with Gasteiger partial charge in [-0.1, -0.05) is 24.3 Å². The predicted octanol–water partition coefficient (Wildman–Crippen LogP) is 3.05. The van der Waals surface area contributed by atoms with Crippen LogP contribution in [0.1, 0.15) is 11.1 Å². The first kappa shape index (κ1) is 10.3. The Morgan fingerprint density at radius 2 is 1.94 bits per heavy atom. The van der Waals surface area contributed by atoms with E-state index in [-0.39, 0.29) is 0 Å². The van der Waals surface area contributed by atoms with Crippen molar-refractivity contribution in [2.45, 2.75) is 13.3 Å². The zero-order chi connectivity index (χ0) is 11.8. The lowest BCUT2D eigenvalue weighted by Gasteiger charge is -2.17. The smallest absolute Gasteiger partial charge is 0.0507 e. The number of rotatable bonds is 1. The van der Waals surface area contributed by atoms with Crippen LogP contribution in [0, 0.1) is 6.92 Å². The topological polar surface area (TPSA) is 16.1 Å². The molecule has 0 fully saturated rings. The molecule has 2 aromatic rings. The molecule has 1 aliphatic heterocycles. The SMILES string of the molecule is Cc1ccccc1-c1cncc2c1N(C)CC2. The Kier molecular flexibility index (Phi) is 2.36. The molecule has 0 aliphatic carbocycles. The minimum atomic E-state index is 1.10. The van der Waals surface area contributed by atoms with Crippen molar-refractivity contribution in [1.29, 1.82) is 0 Å². The lowest BCUT2D eigenvalue weighted by Crippen LogP contribution is -2.13. The van der Waals surface area contributed by atoms with Gasteiger partial charge in [0.25, 0.3) is 0 Å². The number of anilines is 1. The first-order valence-electron chi connectivity index (χ1n) is 6.01. The second kappa shape index (κ2) is 3.88. The molecule has 0 radical (unpaired) electrons. The number of aryl methyl sites for hydroxylation is 1. The van der Waals surface area contributed by atoms with Gasteiger partial charge in [0, 0.05) is 31.5 Å². The monoisotopic (exact) mass is 224 g/mol. The normalized spacial score (nSPS) is 13.9. The van der Waals surface area contributed by atoms with E-state index in [1.165, 1.54) is 27.9 Å². The molecule has 0 spiro atoms. The molecule has 86 valence electrons. The summed E-state index contributed by atoms with van der Waals surface area (Å²) in [5, 5.41) is 0. The van der Waals surface area contributed by atoms with Crippen LogP contribution in [-0.2, 0) is 6.42 Å². The maximum absolute atomic E-state index is 4.38. The lowest BCUT2D eigenvalue weighted by molar-refractivity contribution is 0.955. The molecule has 0 N–H and O–H groups in total. The van der Waals surface area contributed by atoms with E-state index in [9.17, 15) is 0 Å². The third-order valence-corrected chi connectivity index (χ3v) is 3.53. The maximum Gasteiger partial charge on any atom is 0.0507 e. The minimum absolute atomic E-state index is 1.10. The highest BCUT2D eigenvalue weighted by Crippen LogP contribution is 2.37. The Hall–Kier alpha value is -1.83. The molecule has 1 aromatic carbocycles. The summed E-state index contributed by atoms with van der Waals surface area (Å²) in [5.74, 6) is 0. The summed E-state index contributed by atoms with van der Waals surface area (Å²) >= 11 is 0. The standard InChI is InChI=1S/C15H16N2/c1-11-5-3-4-6-13(11)14-10-16-9-12-7-8-17(2)15(12)14/h3-6,9-10H,7-8H2,1-2H3. The van der Waals surface area contributed by atoms with Gasteiger partial charge in [0.1, 0.15) is 0 Å². The van der Waals surface area contributed by atoms with E-state index < -0.39 is 0 Å². The fraction of sp³-hybridized carbons (Fsp3) is 0.267. The van der Waals surface area contributed by atoms with Gasteiger partial charge in [-0.05, 0) is 30.0 Å². The van der Waals surface area contributed by atoms with E-state index in [4.69, 9.17) is 0 Å². The van der Waals surface area contributed by atoms with Crippen molar-refractivity contribution in [2.24, 2.45) is 0 Å². The largest absolute Gasteiger partial charge is 0.373 e. The first-order chi connectivity index (χ1) is 8.27. The van der Waals surface area contributed by atoms with E-state index in [0.717, 1.165) is 13.0 Å². The highest BCUT2D eigenvalue weighted by Gasteiger charge is 2.20. The molecule has 0 saturated carbocycles. The second-order valence-electron chi connectivity index (χ2n) is 4.68. The maximum atomic E-state index is 4.38. The molecular formula is C15H16N2. The van der Waals surface area contributed by atoms with Gasteiger partial charge in [0.05, 0.1) is 5.69 Å². The summed E-state index contributed by atoms with van der Waals surface area (Å²) in [4.78, 5) is 6.71. The van der Waals surface area contributed by atoms with Crippen LogP contribution < -0.4 is 4.90 Å². The van der Waals surface area contributed by atoms with Crippen LogP contribution in [0.5, 0.6) is 0 Å². The number of fused-ring (bicyclic) bond motifs is 1. The fourth-order valence-corrected chi connectivity index (χ4v) is 2.60. The molecule has 2 heterocycles. The van der Waals surface area contributed by atoms with E-state index in [1.54, 1.807) is 0 Å². The zero-order valence-electron chi connectivity index (χ0n) is 10.3. The van der Waals surface area contributed by atoms with Crippen molar-refractivity contribution in [2.75, 3.05) is 18.5 Å². The molecule has 1 aliphatic rings. The van der Waals surface area contributed by atoms with Crippen molar-refractivity contribution in [1.82, 2.24) is 4.98 Å². The minimum Gasteiger partial charge on any atom is -0.373 e. The van der Waals surface area contributed by atoms with Crippen LogP contribution >= 0.6 is 0 Å². The van der Waals surface area contributed by atoms with Crippen molar-refractivity contribution >= 4 is 5.69 Å². The molecule has 2 heteroatoms. The average molecular weight is 224 g/mol. The van der Waals surface area contributed by atoms with E-state index in [1.807, 2.05) is 12.4 Å². The van der Waals surface area contributed by atoms with Crippen molar-refractivity contribution in [3.63, 3.8) is 0 Å². The number of likely N-dealkylation sites (N-methyl/N-ethyl adjacent to an activating group) is 1. The molecule has 0 saturated heterocycles. The van der Waals surface area contributed by atoms with Crippen molar-refractivity contribution in [3.8, 4) is 11.1 Å². The van der Waals surface area contributed by atoms with Crippen LogP contribution in [-0.4, -0.2) is 18.6 Å². The fourth-order valence-electron chi connectivity index (χ4n) is 2.60. The number of hydrogen-bond acceptors (Lipinski definition) is 2. The molecule has 2 nitrogen and oxygen atoms in total. The Labute approximate surface area is 102 Å². The summed E-state index contributed by atoms with van der Waals surface area (Å²) in [6.07, 6.45) is 5.10. The van der Waals surface area contributed by atoms with Crippen LogP contribution in [0.4, 0.5) is 5.69 Å². The van der Waals surface area contributed by atoms with Gasteiger partial charge < -0.3 is 4.90 Å². The first-order valence-corrected chi connectivity index (χ1v) is 6.01. The summed E-state index contributed by atoms with van der Waals surface area (Å²) in [5.41, 5.74) is 6.59. The second-order valence-corrected chi connectivity index (χ2v) is 4.68. The van der Waals surface area contributed by atoms with Gasteiger partial charge in [0.2, 0.25) is 0 Å². The Balaban J connectivity index is 2.23. The van der Waals surface area contributed by atoms with Gasteiger partial charge in [0.15, 0.2) is 0 Å². The third kappa shape index (κ3) is 1.60. The molecule has 0 amide bonds. The molecule has 0 atom stereocenters. The molecular weight excluding hydrogens is 208 g/mol. The van der Waals surface area contributed by atoms with Crippen LogP contribution in [0.3, 0.4) is 0 Å². The predicted molar refractivity (Wildman–Crippen MR) is 71.4 cm³/mol.